The van der Waals surface area contributed by atoms with Gasteiger partial charge in [-0.1, -0.05) is 62.3 Å². The van der Waals surface area contributed by atoms with Gasteiger partial charge in [0.25, 0.3) is 0 Å². The van der Waals surface area contributed by atoms with Crippen LogP contribution < -0.4 is 0 Å². The molecule has 6 rings (SSSR count). The molecule has 0 aromatic rings. The van der Waals surface area contributed by atoms with Crippen LogP contribution in [0.5, 0.6) is 0 Å². The second-order valence-electron chi connectivity index (χ2n) is 22.1. The van der Waals surface area contributed by atoms with Crippen LogP contribution in [0.4, 0.5) is 0 Å². The Morgan fingerprint density at radius 3 is 2.21 bits per heavy atom. The number of fused-ring (bicyclic) bond motifs is 7. The van der Waals surface area contributed by atoms with E-state index in [1.54, 1.807) is 0 Å². The molecule has 52 heavy (non-hydrogen) atoms. The van der Waals surface area contributed by atoms with E-state index in [4.69, 9.17) is 4.74 Å². The fraction of sp³-hybridized carbons (Fsp3) is 0.933. The number of ether oxygens (including phenoxy) is 1. The first-order valence-corrected chi connectivity index (χ1v) is 21.5. The van der Waals surface area contributed by atoms with E-state index in [1.807, 2.05) is 13.8 Å². The lowest BCUT2D eigenvalue weighted by Gasteiger charge is -2.73. The zero-order valence-corrected chi connectivity index (χ0v) is 35.1. The summed E-state index contributed by atoms with van der Waals surface area (Å²) in [7, 11) is 4.28. The Kier molecular flexibility index (Phi) is 10.7. The van der Waals surface area contributed by atoms with Crippen LogP contribution in [-0.4, -0.2) is 72.1 Å². The predicted molar refractivity (Wildman–Crippen MR) is 207 cm³/mol. The van der Waals surface area contributed by atoms with E-state index >= 15 is 0 Å². The normalized spacial score (nSPS) is 42.7. The summed E-state index contributed by atoms with van der Waals surface area (Å²) in [6.45, 7) is 23.3. The predicted octanol–water partition coefficient (Wildman–Crippen LogP) is 9.47. The molecule has 0 aromatic heterocycles. The summed E-state index contributed by atoms with van der Waals surface area (Å²) in [5, 5.41) is 9.36. The van der Waals surface area contributed by atoms with Crippen molar-refractivity contribution in [3.8, 4) is 0 Å². The molecule has 5 saturated carbocycles. The van der Waals surface area contributed by atoms with Crippen LogP contribution in [0.25, 0.3) is 0 Å². The summed E-state index contributed by atoms with van der Waals surface area (Å²) in [6.07, 6.45) is 14.9. The maximum atomic E-state index is 14.4. The molecule has 0 radical (unpaired) electrons. The number of carbonyl (C=O) groups is 3. The number of likely N-dealkylation sites (N-methyl/N-ethyl adjacent to an activating group) is 1. The molecule has 5 aliphatic carbocycles. The molecule has 11 atom stereocenters. The maximum Gasteiger partial charge on any atom is 0.306 e. The van der Waals surface area contributed by atoms with Gasteiger partial charge in [0.1, 0.15) is 6.10 Å². The van der Waals surface area contributed by atoms with Crippen LogP contribution in [-0.2, 0) is 19.1 Å². The van der Waals surface area contributed by atoms with Crippen molar-refractivity contribution in [1.29, 1.82) is 0 Å². The van der Waals surface area contributed by atoms with E-state index in [9.17, 15) is 19.5 Å². The Morgan fingerprint density at radius 1 is 0.846 bits per heavy atom. The van der Waals surface area contributed by atoms with Crippen LogP contribution in [0.3, 0.4) is 0 Å². The Morgan fingerprint density at radius 2 is 1.56 bits per heavy atom. The molecule has 1 heterocycles. The molecule has 6 fully saturated rings. The van der Waals surface area contributed by atoms with E-state index in [2.05, 4.69) is 72.4 Å². The summed E-state index contributed by atoms with van der Waals surface area (Å²) in [5.74, 6) is 3.07. The topological polar surface area (TPSA) is 87.2 Å². The third kappa shape index (κ3) is 6.59. The highest BCUT2D eigenvalue weighted by atomic mass is 16.5. The van der Waals surface area contributed by atoms with E-state index in [1.165, 1.54) is 51.4 Å². The quantitative estimate of drug-likeness (QED) is 0.226. The molecule has 1 saturated heterocycles. The van der Waals surface area contributed by atoms with Crippen LogP contribution in [0.1, 0.15) is 159 Å². The summed E-state index contributed by atoms with van der Waals surface area (Å²) in [4.78, 5) is 43.6. The number of rotatable bonds is 10. The molecule has 1 aliphatic heterocycles. The molecule has 296 valence electrons. The molecule has 0 spiro atoms. The molecular formula is C45H76N2O5. The van der Waals surface area contributed by atoms with Gasteiger partial charge in [0.2, 0.25) is 5.91 Å². The molecule has 0 aromatic carbocycles. The molecule has 6 aliphatic rings. The number of aliphatic carboxylic acids is 1. The highest BCUT2D eigenvalue weighted by Gasteiger charge is 2.71. The average molecular weight is 725 g/mol. The van der Waals surface area contributed by atoms with Gasteiger partial charge >= 0.3 is 11.9 Å². The highest BCUT2D eigenvalue weighted by Crippen LogP contribution is 2.78. The van der Waals surface area contributed by atoms with Crippen molar-refractivity contribution in [2.24, 2.45) is 68.0 Å². The lowest BCUT2D eigenvalue weighted by molar-refractivity contribution is -0.252. The molecule has 0 unspecified atom stereocenters. The number of carbonyl (C=O) groups excluding carboxylic acids is 2. The first kappa shape index (κ1) is 40.0. The van der Waals surface area contributed by atoms with Crippen molar-refractivity contribution in [2.75, 3.05) is 27.2 Å². The first-order chi connectivity index (χ1) is 24.1. The first-order valence-electron chi connectivity index (χ1n) is 21.5. The minimum absolute atomic E-state index is 0.0389. The maximum absolute atomic E-state index is 14.4. The second-order valence-corrected chi connectivity index (χ2v) is 22.1. The zero-order valence-electron chi connectivity index (χ0n) is 35.1. The SMILES string of the molecule is CC(C)[C@@H]1CC[C@]2(CC(=O)N3CCC[C@@H]3CN(C)C)CC[C@]3(C)[C@H](CC[C@@H]4[C@@]5(C)CC[C@H](OC(=O)CC(C)(C)CC(=O)O)C(C)(C)[C@@H]5CC[C@]43C)[C@@H]12. The van der Waals surface area contributed by atoms with E-state index in [-0.39, 0.29) is 52.0 Å². The van der Waals surface area contributed by atoms with Crippen molar-refractivity contribution in [3.05, 3.63) is 0 Å². The fourth-order valence-corrected chi connectivity index (χ4v) is 15.3. The van der Waals surface area contributed by atoms with Crippen LogP contribution in [0.15, 0.2) is 0 Å². The van der Waals surface area contributed by atoms with Gasteiger partial charge in [0.15, 0.2) is 0 Å². The van der Waals surface area contributed by atoms with Crippen LogP contribution >= 0.6 is 0 Å². The standard InChI is InChI=1S/C45H76N2O5/c1-29(2)31-16-21-45(25-36(48)47-24-12-13-30(47)28-46(10)11)23-22-43(8)32(39(31)45)14-15-34-42(7)19-18-35(41(5,6)33(42)17-20-44(34,43)9)52-38(51)27-40(3,4)26-37(49)50/h29-35,39H,12-28H2,1-11H3,(H,49,50)/t30-,31+,32-,33+,34-,35+,39-,42+,43-,44-,45-/m1/s1. The summed E-state index contributed by atoms with van der Waals surface area (Å²) in [5.41, 5.74) is 0.0590. The monoisotopic (exact) mass is 725 g/mol. The fourth-order valence-electron chi connectivity index (χ4n) is 15.3. The van der Waals surface area contributed by atoms with Gasteiger partial charge in [0, 0.05) is 31.0 Å². The van der Waals surface area contributed by atoms with Gasteiger partial charge in [-0.25, -0.2) is 0 Å². The van der Waals surface area contributed by atoms with Crippen molar-refractivity contribution < 1.29 is 24.2 Å². The molecular weight excluding hydrogens is 649 g/mol. The van der Waals surface area contributed by atoms with Crippen LogP contribution in [0, 0.1) is 68.0 Å². The zero-order chi connectivity index (χ0) is 38.2. The molecule has 7 heteroatoms. The van der Waals surface area contributed by atoms with Crippen molar-refractivity contribution in [2.45, 2.75) is 171 Å². The minimum atomic E-state index is -0.874. The largest absolute Gasteiger partial charge is 0.481 e. The third-order valence-corrected chi connectivity index (χ3v) is 17.8. The van der Waals surface area contributed by atoms with Gasteiger partial charge in [-0.05, 0) is 154 Å². The van der Waals surface area contributed by atoms with Gasteiger partial charge in [0.05, 0.1) is 12.8 Å². The summed E-state index contributed by atoms with van der Waals surface area (Å²) < 4.78 is 6.31. The van der Waals surface area contributed by atoms with Crippen molar-refractivity contribution in [1.82, 2.24) is 9.80 Å². The summed E-state index contributed by atoms with van der Waals surface area (Å²) >= 11 is 0. The van der Waals surface area contributed by atoms with Gasteiger partial charge in [-0.3, -0.25) is 14.4 Å². The Balaban J connectivity index is 1.23. The molecule has 0 bridgehead atoms. The number of nitrogens with zero attached hydrogens (tertiary/aromatic N) is 2. The van der Waals surface area contributed by atoms with E-state index in [0.29, 0.717) is 47.5 Å². The van der Waals surface area contributed by atoms with E-state index < -0.39 is 11.4 Å². The van der Waals surface area contributed by atoms with Crippen molar-refractivity contribution >= 4 is 17.8 Å². The second kappa shape index (κ2) is 13.8. The van der Waals surface area contributed by atoms with Gasteiger partial charge in [-0.15, -0.1) is 0 Å². The molecule has 7 nitrogen and oxygen atoms in total. The van der Waals surface area contributed by atoms with Crippen LogP contribution in [0.2, 0.25) is 0 Å². The Labute approximate surface area is 317 Å². The molecule has 1 amide bonds. The highest BCUT2D eigenvalue weighted by molar-refractivity contribution is 5.78. The number of amides is 1. The number of esters is 1. The number of hydrogen-bond acceptors (Lipinski definition) is 5. The Bertz CT molecular complexity index is 1370. The average Bonchev–Trinajstić information content (AvgIpc) is 3.63. The number of likely N-dealkylation sites (tertiary alicyclic amines) is 1. The lowest BCUT2D eigenvalue weighted by Crippen LogP contribution is -2.67. The number of carboxylic acid groups (broad SMARTS) is 1. The lowest BCUT2D eigenvalue weighted by atomic mass is 9.32. The van der Waals surface area contributed by atoms with Gasteiger partial charge in [-0.2, -0.15) is 0 Å². The number of hydrogen-bond donors (Lipinski definition) is 1. The van der Waals surface area contributed by atoms with Crippen molar-refractivity contribution in [3.63, 3.8) is 0 Å². The minimum Gasteiger partial charge on any atom is -0.481 e. The third-order valence-electron chi connectivity index (χ3n) is 17.8. The summed E-state index contributed by atoms with van der Waals surface area (Å²) in [6, 6.07) is 0.366. The van der Waals surface area contributed by atoms with E-state index in [0.717, 1.165) is 45.2 Å². The number of carboxylic acids is 1. The Hall–Kier alpha value is -1.63. The smallest absolute Gasteiger partial charge is 0.306 e. The van der Waals surface area contributed by atoms with Gasteiger partial charge < -0.3 is 19.6 Å². The molecule has 1 N–H and O–H groups in total.